The molecular formula is C22H24N6O2. The largest absolute Gasteiger partial charge is 0.507 e. The molecule has 1 saturated carbocycles. The molecule has 0 saturated heterocycles. The van der Waals surface area contributed by atoms with E-state index in [1.54, 1.807) is 10.9 Å². The Morgan fingerprint density at radius 2 is 2.13 bits per heavy atom. The van der Waals surface area contributed by atoms with Crippen molar-refractivity contribution in [3.63, 3.8) is 0 Å². The second kappa shape index (κ2) is 6.91. The summed E-state index contributed by atoms with van der Waals surface area (Å²) in [5, 5.41) is 19.8. The quantitative estimate of drug-likeness (QED) is 0.545. The van der Waals surface area contributed by atoms with E-state index < -0.39 is 0 Å². The highest BCUT2D eigenvalue weighted by atomic mass is 16.3. The van der Waals surface area contributed by atoms with Gasteiger partial charge in [-0.2, -0.15) is 5.10 Å². The van der Waals surface area contributed by atoms with Crippen LogP contribution in [-0.2, 0) is 7.05 Å². The molecule has 0 bridgehead atoms. The fourth-order valence-electron chi connectivity index (χ4n) is 4.55. The van der Waals surface area contributed by atoms with Crippen LogP contribution in [0.5, 0.6) is 5.75 Å². The Kier molecular flexibility index (Phi) is 4.32. The Morgan fingerprint density at radius 1 is 1.30 bits per heavy atom. The standard InChI is InChI=1S/C22H24N6O2/c1-12-19-13(11-27(3)26-19)8-16(20(12)29)21-24-10-17-18(25-21)6-7-28(22(17)30)15-5-4-14(9-15)23-2/h6-8,10-11,14-15,23,29H,4-5,9H2,1-3H3/t14-,15+/m1/s1. The third-order valence-corrected chi connectivity index (χ3v) is 6.25. The molecule has 3 aromatic heterocycles. The van der Waals surface area contributed by atoms with E-state index in [2.05, 4.69) is 20.4 Å². The highest BCUT2D eigenvalue weighted by Crippen LogP contribution is 2.35. The smallest absolute Gasteiger partial charge is 0.261 e. The number of nitrogens with one attached hydrogen (secondary N) is 1. The number of benzene rings is 1. The van der Waals surface area contributed by atoms with E-state index in [4.69, 9.17) is 0 Å². The minimum atomic E-state index is -0.0658. The molecule has 3 heterocycles. The normalized spacial score (nSPS) is 19.2. The van der Waals surface area contributed by atoms with Gasteiger partial charge in [0.1, 0.15) is 5.75 Å². The molecule has 0 aliphatic heterocycles. The molecule has 0 spiro atoms. The first-order valence-electron chi connectivity index (χ1n) is 10.2. The summed E-state index contributed by atoms with van der Waals surface area (Å²) in [7, 11) is 3.81. The maximum Gasteiger partial charge on any atom is 0.261 e. The Balaban J connectivity index is 1.60. The number of aromatic hydroxyl groups is 1. The van der Waals surface area contributed by atoms with Crippen molar-refractivity contribution in [2.24, 2.45) is 7.05 Å². The highest BCUT2D eigenvalue weighted by molar-refractivity contribution is 5.90. The Labute approximate surface area is 173 Å². The lowest BCUT2D eigenvalue weighted by Gasteiger charge is -2.15. The molecule has 4 aromatic rings. The summed E-state index contributed by atoms with van der Waals surface area (Å²) in [6, 6.07) is 4.34. The monoisotopic (exact) mass is 404 g/mol. The van der Waals surface area contributed by atoms with E-state index >= 15 is 0 Å². The number of hydrogen-bond donors (Lipinski definition) is 2. The summed E-state index contributed by atoms with van der Waals surface area (Å²) in [6.45, 7) is 1.83. The first kappa shape index (κ1) is 18.7. The summed E-state index contributed by atoms with van der Waals surface area (Å²) in [6.07, 6.45) is 8.29. The number of rotatable bonds is 3. The second-order valence-electron chi connectivity index (χ2n) is 8.11. The molecular weight excluding hydrogens is 380 g/mol. The zero-order valence-electron chi connectivity index (χ0n) is 17.3. The van der Waals surface area contributed by atoms with Crippen LogP contribution in [-0.4, -0.2) is 42.5 Å². The molecule has 30 heavy (non-hydrogen) atoms. The topological polar surface area (TPSA) is 97.9 Å². The molecule has 8 heteroatoms. The number of phenols is 1. The summed E-state index contributed by atoms with van der Waals surface area (Å²) >= 11 is 0. The third-order valence-electron chi connectivity index (χ3n) is 6.25. The number of aryl methyl sites for hydroxylation is 2. The van der Waals surface area contributed by atoms with E-state index in [0.717, 1.165) is 30.2 Å². The number of pyridine rings is 1. The molecule has 1 aromatic carbocycles. The molecule has 0 unspecified atom stereocenters. The van der Waals surface area contributed by atoms with Crippen molar-refractivity contribution < 1.29 is 5.11 Å². The summed E-state index contributed by atoms with van der Waals surface area (Å²) in [5.74, 6) is 0.500. The molecule has 0 amide bonds. The minimum Gasteiger partial charge on any atom is -0.507 e. The predicted molar refractivity (Wildman–Crippen MR) is 116 cm³/mol. The Hall–Kier alpha value is -3.26. The maximum absolute atomic E-state index is 13.1. The van der Waals surface area contributed by atoms with Gasteiger partial charge in [-0.25, -0.2) is 9.97 Å². The maximum atomic E-state index is 13.1. The van der Waals surface area contributed by atoms with E-state index in [0.29, 0.717) is 33.9 Å². The van der Waals surface area contributed by atoms with Crippen LogP contribution < -0.4 is 10.9 Å². The van der Waals surface area contributed by atoms with E-state index in [-0.39, 0.29) is 17.4 Å². The molecule has 1 aliphatic carbocycles. The zero-order valence-corrected chi connectivity index (χ0v) is 17.3. The van der Waals surface area contributed by atoms with Crippen molar-refractivity contribution in [1.82, 2.24) is 29.6 Å². The zero-order chi connectivity index (χ0) is 21.0. The van der Waals surface area contributed by atoms with Crippen LogP contribution in [0.2, 0.25) is 0 Å². The van der Waals surface area contributed by atoms with Gasteiger partial charge in [0.15, 0.2) is 5.82 Å². The van der Waals surface area contributed by atoms with Crippen molar-refractivity contribution in [3.05, 3.63) is 46.6 Å². The van der Waals surface area contributed by atoms with Crippen LogP contribution in [0.3, 0.4) is 0 Å². The number of fused-ring (bicyclic) bond motifs is 2. The molecule has 1 aliphatic rings. The van der Waals surface area contributed by atoms with Crippen LogP contribution in [0.25, 0.3) is 33.2 Å². The second-order valence-corrected chi connectivity index (χ2v) is 8.11. The molecule has 5 rings (SSSR count). The van der Waals surface area contributed by atoms with Gasteiger partial charge in [0.05, 0.1) is 22.0 Å². The van der Waals surface area contributed by atoms with Crippen molar-refractivity contribution in [2.75, 3.05) is 7.05 Å². The Bertz CT molecular complexity index is 1340. The van der Waals surface area contributed by atoms with Crippen LogP contribution in [0.4, 0.5) is 0 Å². The summed E-state index contributed by atoms with van der Waals surface area (Å²) in [5.41, 5.74) is 2.48. The molecule has 1 fully saturated rings. The lowest BCUT2D eigenvalue weighted by atomic mass is 10.1. The van der Waals surface area contributed by atoms with Gasteiger partial charge in [0.2, 0.25) is 0 Å². The predicted octanol–water partition coefficient (Wildman–Crippen LogP) is 2.67. The summed E-state index contributed by atoms with van der Waals surface area (Å²) < 4.78 is 3.53. The van der Waals surface area contributed by atoms with Gasteiger partial charge in [-0.15, -0.1) is 0 Å². The SMILES string of the molecule is CN[C@@H]1CC[C@H](n2ccc3nc(-c4cc5cn(C)nc5c(C)c4O)ncc3c2=O)C1. The number of nitrogens with zero attached hydrogens (tertiary/aromatic N) is 5. The van der Waals surface area contributed by atoms with Crippen LogP contribution in [0.15, 0.2) is 35.5 Å². The number of phenolic OH excluding ortho intramolecular Hbond substituents is 1. The van der Waals surface area contributed by atoms with Crippen molar-refractivity contribution in [3.8, 4) is 17.1 Å². The van der Waals surface area contributed by atoms with Gasteiger partial charge in [0, 0.05) is 48.7 Å². The van der Waals surface area contributed by atoms with Crippen molar-refractivity contribution >= 4 is 21.8 Å². The summed E-state index contributed by atoms with van der Waals surface area (Å²) in [4.78, 5) is 22.1. The van der Waals surface area contributed by atoms with Crippen molar-refractivity contribution in [1.29, 1.82) is 0 Å². The lowest BCUT2D eigenvalue weighted by Crippen LogP contribution is -2.26. The van der Waals surface area contributed by atoms with E-state index in [1.807, 2.05) is 50.1 Å². The van der Waals surface area contributed by atoms with Crippen LogP contribution in [0.1, 0.15) is 30.9 Å². The molecule has 2 atom stereocenters. The Morgan fingerprint density at radius 3 is 2.90 bits per heavy atom. The van der Waals surface area contributed by atoms with Crippen molar-refractivity contribution in [2.45, 2.75) is 38.3 Å². The first-order chi connectivity index (χ1) is 14.5. The van der Waals surface area contributed by atoms with Gasteiger partial charge >= 0.3 is 0 Å². The number of aromatic nitrogens is 5. The van der Waals surface area contributed by atoms with Gasteiger partial charge in [-0.3, -0.25) is 9.48 Å². The fourth-order valence-corrected chi connectivity index (χ4v) is 4.55. The van der Waals surface area contributed by atoms with Crippen LogP contribution in [0, 0.1) is 6.92 Å². The third kappa shape index (κ3) is 2.87. The first-order valence-corrected chi connectivity index (χ1v) is 10.2. The highest BCUT2D eigenvalue weighted by Gasteiger charge is 2.26. The van der Waals surface area contributed by atoms with Gasteiger partial charge in [-0.1, -0.05) is 0 Å². The lowest BCUT2D eigenvalue weighted by molar-refractivity contribution is 0.473. The average molecular weight is 404 g/mol. The minimum absolute atomic E-state index is 0.0658. The van der Waals surface area contributed by atoms with Crippen LogP contribution >= 0.6 is 0 Å². The number of hydrogen-bond acceptors (Lipinski definition) is 6. The molecule has 2 N–H and O–H groups in total. The van der Waals surface area contributed by atoms with Gasteiger partial charge < -0.3 is 15.0 Å². The molecule has 154 valence electrons. The van der Waals surface area contributed by atoms with E-state index in [9.17, 15) is 9.90 Å². The van der Waals surface area contributed by atoms with E-state index in [1.165, 1.54) is 0 Å². The molecule has 8 nitrogen and oxygen atoms in total. The molecule has 0 radical (unpaired) electrons. The van der Waals surface area contributed by atoms with Gasteiger partial charge in [0.25, 0.3) is 5.56 Å². The average Bonchev–Trinajstić information content (AvgIpc) is 3.37. The fraction of sp³-hybridized carbons (Fsp3) is 0.364. The van der Waals surface area contributed by atoms with Gasteiger partial charge in [-0.05, 0) is 45.4 Å².